The molecule has 0 amide bonds. The van der Waals surface area contributed by atoms with Gasteiger partial charge in [-0.05, 0) is 63.9 Å². The van der Waals surface area contributed by atoms with Gasteiger partial charge in [0, 0.05) is 36.9 Å². The van der Waals surface area contributed by atoms with Gasteiger partial charge in [0.25, 0.3) is 0 Å². The van der Waals surface area contributed by atoms with Crippen molar-refractivity contribution in [3.63, 3.8) is 0 Å². The first-order chi connectivity index (χ1) is 26.1. The zero-order valence-corrected chi connectivity index (χ0v) is 38.9. The Hall–Kier alpha value is 0.580. The maximum absolute atomic E-state index is 6.41. The van der Waals surface area contributed by atoms with Crippen molar-refractivity contribution in [3.8, 4) is 0 Å². The molecule has 0 aliphatic heterocycles. The van der Waals surface area contributed by atoms with Crippen LogP contribution < -0.4 is 0 Å². The average Bonchev–Trinajstić information content (AvgIpc) is 3.16. The summed E-state index contributed by atoms with van der Waals surface area (Å²) in [5.41, 5.74) is 0. The molecular weight excluding hydrogens is 689 g/mol. The summed E-state index contributed by atoms with van der Waals surface area (Å²) in [6.07, 6.45) is 44.3. The van der Waals surface area contributed by atoms with Crippen molar-refractivity contribution in [2.45, 2.75) is 270 Å². The Bertz CT molecular complexity index is 611. The van der Waals surface area contributed by atoms with E-state index in [4.69, 9.17) is 14.2 Å². The third-order valence-corrected chi connectivity index (χ3v) is 14.2. The van der Waals surface area contributed by atoms with Gasteiger partial charge in [0.1, 0.15) is 0 Å². The number of ether oxygens (including phenoxy) is 3. The lowest BCUT2D eigenvalue weighted by molar-refractivity contribution is 0.0250. The molecule has 4 unspecified atom stereocenters. The lowest BCUT2D eigenvalue weighted by atomic mass is 10.1. The first-order valence-corrected chi connectivity index (χ1v) is 26.2. The molecule has 0 aliphatic rings. The maximum Gasteiger partial charge on any atom is 0.0665 e. The Morgan fingerprint density at radius 2 is 0.604 bits per heavy atom. The Labute approximate surface area is 343 Å². The van der Waals surface area contributed by atoms with Crippen LogP contribution in [-0.2, 0) is 14.2 Å². The van der Waals surface area contributed by atoms with E-state index >= 15 is 0 Å². The molecule has 0 fully saturated rings. The quantitative estimate of drug-likeness (QED) is 0.0573. The highest BCUT2D eigenvalue weighted by Crippen LogP contribution is 2.27. The average molecular weight is 787 g/mol. The van der Waals surface area contributed by atoms with E-state index in [1.807, 2.05) is 0 Å². The van der Waals surface area contributed by atoms with Crippen LogP contribution in [0.1, 0.15) is 247 Å². The minimum atomic E-state index is 0.331. The summed E-state index contributed by atoms with van der Waals surface area (Å²) < 4.78 is 18.9. The normalized spacial score (nSPS) is 14.2. The Morgan fingerprint density at radius 1 is 0.321 bits per heavy atom. The summed E-state index contributed by atoms with van der Waals surface area (Å²) in [4.78, 5) is 0. The van der Waals surface area contributed by atoms with E-state index in [0.29, 0.717) is 22.7 Å². The summed E-state index contributed by atoms with van der Waals surface area (Å²) in [5.74, 6) is 2.59. The molecular formula is C48H98O3S2. The molecule has 0 bridgehead atoms. The van der Waals surface area contributed by atoms with Gasteiger partial charge < -0.3 is 14.2 Å². The molecule has 0 heterocycles. The number of hydrogen-bond acceptors (Lipinski definition) is 5. The summed E-state index contributed by atoms with van der Waals surface area (Å²) in [6, 6.07) is 0. The highest BCUT2D eigenvalue weighted by atomic mass is 32.2. The van der Waals surface area contributed by atoms with Gasteiger partial charge in [0.15, 0.2) is 0 Å². The lowest BCUT2D eigenvalue weighted by Gasteiger charge is -2.24. The summed E-state index contributed by atoms with van der Waals surface area (Å²) >= 11 is 4.39. The molecule has 4 atom stereocenters. The van der Waals surface area contributed by atoms with E-state index in [0.717, 1.165) is 39.3 Å². The van der Waals surface area contributed by atoms with Crippen LogP contribution in [-0.4, -0.2) is 60.6 Å². The summed E-state index contributed by atoms with van der Waals surface area (Å²) in [6.45, 7) is 17.1. The molecule has 0 N–H and O–H groups in total. The van der Waals surface area contributed by atoms with E-state index in [-0.39, 0.29) is 0 Å². The smallest absolute Gasteiger partial charge is 0.0665 e. The molecule has 3 nitrogen and oxygen atoms in total. The van der Waals surface area contributed by atoms with Crippen molar-refractivity contribution >= 4 is 23.5 Å². The SMILES string of the molecule is CCCCCCCCCCCSC(CCCCCCC)C(C)OCCCOCCCOC(C)C(CCCCCCC)SCCCCCCCCCCC. The second-order valence-corrected chi connectivity index (χ2v) is 19.0. The molecule has 320 valence electrons. The standard InChI is InChI=1S/C48H98O3S2/c1-7-11-15-19-21-23-25-29-33-43-52-47(37-31-27-17-13-9-3)45(5)50-41-35-39-49-40-36-42-51-46(6)48(38-32-28-18-14-10-4)53-44-34-30-26-24-22-20-16-12-8-2/h45-48H,7-44H2,1-6H3. The topological polar surface area (TPSA) is 27.7 Å². The molecule has 0 aliphatic carbocycles. The Kier molecular flexibility index (Phi) is 45.8. The Balaban J connectivity index is 4.24. The fourth-order valence-electron chi connectivity index (χ4n) is 7.28. The van der Waals surface area contributed by atoms with Crippen molar-refractivity contribution in [2.24, 2.45) is 0 Å². The van der Waals surface area contributed by atoms with Crippen LogP contribution in [0.4, 0.5) is 0 Å². The van der Waals surface area contributed by atoms with Gasteiger partial charge in [0.05, 0.1) is 12.2 Å². The van der Waals surface area contributed by atoms with Crippen LogP contribution in [0.3, 0.4) is 0 Å². The molecule has 0 aromatic rings. The zero-order chi connectivity index (χ0) is 38.7. The van der Waals surface area contributed by atoms with Crippen LogP contribution in [0.5, 0.6) is 0 Å². The van der Waals surface area contributed by atoms with Crippen LogP contribution >= 0.6 is 23.5 Å². The van der Waals surface area contributed by atoms with Crippen LogP contribution in [0.25, 0.3) is 0 Å². The van der Waals surface area contributed by atoms with Crippen molar-refractivity contribution in [3.05, 3.63) is 0 Å². The lowest BCUT2D eigenvalue weighted by Crippen LogP contribution is -2.25. The van der Waals surface area contributed by atoms with Crippen LogP contribution in [0.15, 0.2) is 0 Å². The minimum absolute atomic E-state index is 0.331. The van der Waals surface area contributed by atoms with Gasteiger partial charge in [-0.25, -0.2) is 0 Å². The molecule has 0 aromatic heterocycles. The van der Waals surface area contributed by atoms with Crippen molar-refractivity contribution in [1.82, 2.24) is 0 Å². The first kappa shape index (κ1) is 53.6. The third kappa shape index (κ3) is 39.2. The van der Waals surface area contributed by atoms with Gasteiger partial charge >= 0.3 is 0 Å². The predicted octanol–water partition coefficient (Wildman–Crippen LogP) is 16.6. The van der Waals surface area contributed by atoms with Crippen LogP contribution in [0, 0.1) is 0 Å². The highest BCUT2D eigenvalue weighted by Gasteiger charge is 2.19. The van der Waals surface area contributed by atoms with Gasteiger partial charge in [0.2, 0.25) is 0 Å². The molecule has 0 radical (unpaired) electrons. The number of thioether (sulfide) groups is 2. The number of unbranched alkanes of at least 4 members (excludes halogenated alkanes) is 24. The molecule has 0 rings (SSSR count). The van der Waals surface area contributed by atoms with E-state index < -0.39 is 0 Å². The van der Waals surface area contributed by atoms with Crippen LogP contribution in [0.2, 0.25) is 0 Å². The van der Waals surface area contributed by atoms with Crippen molar-refractivity contribution < 1.29 is 14.2 Å². The van der Waals surface area contributed by atoms with Gasteiger partial charge in [-0.1, -0.05) is 195 Å². The second kappa shape index (κ2) is 45.3. The molecule has 0 saturated heterocycles. The minimum Gasteiger partial charge on any atom is -0.381 e. The largest absolute Gasteiger partial charge is 0.381 e. The number of rotatable bonds is 46. The molecule has 0 saturated carbocycles. The van der Waals surface area contributed by atoms with Crippen molar-refractivity contribution in [2.75, 3.05) is 37.9 Å². The molecule has 5 heteroatoms. The molecule has 0 aromatic carbocycles. The van der Waals surface area contributed by atoms with Gasteiger partial charge in [-0.2, -0.15) is 23.5 Å². The van der Waals surface area contributed by atoms with E-state index in [1.54, 1.807) is 0 Å². The predicted molar refractivity (Wildman–Crippen MR) is 245 cm³/mol. The maximum atomic E-state index is 6.41. The highest BCUT2D eigenvalue weighted by molar-refractivity contribution is 8.00. The number of hydrogen-bond donors (Lipinski definition) is 0. The molecule has 53 heavy (non-hydrogen) atoms. The zero-order valence-electron chi connectivity index (χ0n) is 37.2. The van der Waals surface area contributed by atoms with E-state index in [2.05, 4.69) is 65.1 Å². The van der Waals surface area contributed by atoms with Gasteiger partial charge in [-0.3, -0.25) is 0 Å². The van der Waals surface area contributed by atoms with E-state index in [1.165, 1.54) is 204 Å². The summed E-state index contributed by atoms with van der Waals surface area (Å²) in [5, 5.41) is 1.27. The van der Waals surface area contributed by atoms with Gasteiger partial charge in [-0.15, -0.1) is 0 Å². The molecule has 0 spiro atoms. The fourth-order valence-corrected chi connectivity index (χ4v) is 9.99. The summed E-state index contributed by atoms with van der Waals surface area (Å²) in [7, 11) is 0. The third-order valence-electron chi connectivity index (χ3n) is 11.0. The van der Waals surface area contributed by atoms with Crippen molar-refractivity contribution in [1.29, 1.82) is 0 Å². The fraction of sp³-hybridized carbons (Fsp3) is 1.00. The van der Waals surface area contributed by atoms with E-state index in [9.17, 15) is 0 Å². The first-order valence-electron chi connectivity index (χ1n) is 24.1. The monoisotopic (exact) mass is 787 g/mol. The Morgan fingerprint density at radius 3 is 0.925 bits per heavy atom. The second-order valence-electron chi connectivity index (χ2n) is 16.4.